The third kappa shape index (κ3) is 3.83. The van der Waals surface area contributed by atoms with Gasteiger partial charge in [0.25, 0.3) is 0 Å². The fourth-order valence-electron chi connectivity index (χ4n) is 1.17. The molecule has 1 atom stereocenters. The van der Waals surface area contributed by atoms with Crippen molar-refractivity contribution in [3.8, 4) is 0 Å². The van der Waals surface area contributed by atoms with Gasteiger partial charge in [0.15, 0.2) is 0 Å². The Bertz CT molecular complexity index is 384. The summed E-state index contributed by atoms with van der Waals surface area (Å²) < 4.78 is 5.88. The Morgan fingerprint density at radius 2 is 2.31 bits per heavy atom. The summed E-state index contributed by atoms with van der Waals surface area (Å²) >= 11 is 8.01. The molecule has 5 heteroatoms. The highest BCUT2D eigenvalue weighted by Gasteiger charge is 2.14. The highest BCUT2D eigenvalue weighted by molar-refractivity contribution is 14.1. The van der Waals surface area contributed by atoms with E-state index in [1.807, 2.05) is 12.1 Å². The van der Waals surface area contributed by atoms with Crippen molar-refractivity contribution in [2.24, 2.45) is 0 Å². The largest absolute Gasteiger partial charge is 0.464 e. The van der Waals surface area contributed by atoms with E-state index in [9.17, 15) is 4.79 Å². The molecule has 1 aromatic rings. The lowest BCUT2D eigenvalue weighted by molar-refractivity contribution is -0.143. The van der Waals surface area contributed by atoms with Crippen LogP contribution >= 0.6 is 34.2 Å². The van der Waals surface area contributed by atoms with E-state index in [2.05, 4.69) is 27.9 Å². The van der Waals surface area contributed by atoms with Gasteiger partial charge in [0.05, 0.1) is 6.61 Å². The maximum Gasteiger partial charge on any atom is 0.328 e. The van der Waals surface area contributed by atoms with E-state index in [1.54, 1.807) is 19.9 Å². The Labute approximate surface area is 114 Å². The minimum atomic E-state index is -0.366. The first-order chi connectivity index (χ1) is 7.54. The molecular formula is C11H13ClINO2. The molecule has 0 amide bonds. The lowest BCUT2D eigenvalue weighted by Gasteiger charge is -2.15. The summed E-state index contributed by atoms with van der Waals surface area (Å²) in [4.78, 5) is 11.4. The standard InChI is InChI=1S/C11H13ClINO2/c1-3-16-11(15)7(2)14-10-5-4-8(12)6-9(10)13/h4-7,14H,3H2,1-2H3/t7-/m0/s1. The van der Waals surface area contributed by atoms with Crippen LogP contribution in [0.5, 0.6) is 0 Å². The summed E-state index contributed by atoms with van der Waals surface area (Å²) in [5, 5.41) is 3.76. The zero-order valence-corrected chi connectivity index (χ0v) is 12.0. The number of rotatable bonds is 4. The van der Waals surface area contributed by atoms with Crippen LogP contribution in [0.2, 0.25) is 5.02 Å². The van der Waals surface area contributed by atoms with Gasteiger partial charge in [-0.25, -0.2) is 4.79 Å². The van der Waals surface area contributed by atoms with Crippen LogP contribution in [-0.4, -0.2) is 18.6 Å². The fourth-order valence-corrected chi connectivity index (χ4v) is 2.19. The van der Waals surface area contributed by atoms with Crippen molar-refractivity contribution in [3.05, 3.63) is 26.8 Å². The number of hydrogen-bond acceptors (Lipinski definition) is 3. The van der Waals surface area contributed by atoms with Gasteiger partial charge in [0.1, 0.15) is 6.04 Å². The third-order valence-corrected chi connectivity index (χ3v) is 3.07. The van der Waals surface area contributed by atoms with Crippen LogP contribution in [0, 0.1) is 3.57 Å². The van der Waals surface area contributed by atoms with Gasteiger partial charge in [-0.05, 0) is 54.6 Å². The van der Waals surface area contributed by atoms with Crippen molar-refractivity contribution >= 4 is 45.8 Å². The van der Waals surface area contributed by atoms with E-state index >= 15 is 0 Å². The van der Waals surface area contributed by atoms with Crippen molar-refractivity contribution in [1.29, 1.82) is 0 Å². The van der Waals surface area contributed by atoms with Crippen molar-refractivity contribution in [2.75, 3.05) is 11.9 Å². The molecule has 0 aliphatic heterocycles. The SMILES string of the molecule is CCOC(=O)[C@H](C)Nc1ccc(Cl)cc1I. The summed E-state index contributed by atoms with van der Waals surface area (Å²) in [7, 11) is 0. The molecule has 0 unspecified atom stereocenters. The number of benzene rings is 1. The van der Waals surface area contributed by atoms with E-state index < -0.39 is 0 Å². The number of carbonyl (C=O) groups excluding carboxylic acids is 1. The van der Waals surface area contributed by atoms with Gasteiger partial charge in [-0.2, -0.15) is 0 Å². The second kappa shape index (κ2) is 6.30. The van der Waals surface area contributed by atoms with E-state index in [4.69, 9.17) is 16.3 Å². The topological polar surface area (TPSA) is 38.3 Å². The lowest BCUT2D eigenvalue weighted by atomic mass is 10.2. The summed E-state index contributed by atoms with van der Waals surface area (Å²) in [6.07, 6.45) is 0. The number of anilines is 1. The Kier molecular flexibility index (Phi) is 5.34. The Hall–Kier alpha value is -0.490. The summed E-state index contributed by atoms with van der Waals surface area (Å²) in [6.45, 7) is 3.95. The number of ether oxygens (including phenoxy) is 1. The molecule has 0 spiro atoms. The van der Waals surface area contributed by atoms with E-state index in [0.717, 1.165) is 9.26 Å². The van der Waals surface area contributed by atoms with Crippen LogP contribution in [0.15, 0.2) is 18.2 Å². The quantitative estimate of drug-likeness (QED) is 0.667. The number of nitrogens with one attached hydrogen (secondary N) is 1. The fraction of sp³-hybridized carbons (Fsp3) is 0.364. The van der Waals surface area contributed by atoms with Gasteiger partial charge in [0.2, 0.25) is 0 Å². The first kappa shape index (κ1) is 13.6. The zero-order valence-electron chi connectivity index (χ0n) is 9.09. The monoisotopic (exact) mass is 353 g/mol. The molecule has 3 nitrogen and oxygen atoms in total. The average molecular weight is 354 g/mol. The zero-order chi connectivity index (χ0) is 12.1. The van der Waals surface area contributed by atoms with Gasteiger partial charge < -0.3 is 10.1 Å². The molecule has 1 rings (SSSR count). The van der Waals surface area contributed by atoms with Gasteiger partial charge in [-0.1, -0.05) is 11.6 Å². The molecule has 88 valence electrons. The summed E-state index contributed by atoms with van der Waals surface area (Å²) in [5.41, 5.74) is 0.880. The molecule has 0 aliphatic rings. The molecular weight excluding hydrogens is 340 g/mol. The summed E-state index contributed by atoms with van der Waals surface area (Å²) in [5.74, 6) is -0.256. The lowest BCUT2D eigenvalue weighted by Crippen LogP contribution is -2.28. The van der Waals surface area contributed by atoms with Crippen molar-refractivity contribution in [1.82, 2.24) is 0 Å². The second-order valence-electron chi connectivity index (χ2n) is 3.24. The molecule has 0 fully saturated rings. The minimum absolute atomic E-state index is 0.256. The normalized spacial score (nSPS) is 12.0. The van der Waals surface area contributed by atoms with Crippen molar-refractivity contribution in [3.63, 3.8) is 0 Å². The maximum atomic E-state index is 11.4. The predicted octanol–water partition coefficient (Wildman–Crippen LogP) is 3.31. The maximum absolute atomic E-state index is 11.4. The Balaban J connectivity index is 2.69. The Morgan fingerprint density at radius 1 is 1.62 bits per heavy atom. The predicted molar refractivity (Wildman–Crippen MR) is 73.9 cm³/mol. The third-order valence-electron chi connectivity index (χ3n) is 1.94. The molecule has 0 aliphatic carbocycles. The molecule has 0 saturated heterocycles. The van der Waals surface area contributed by atoms with Crippen LogP contribution in [0.4, 0.5) is 5.69 Å². The molecule has 1 N–H and O–H groups in total. The highest BCUT2D eigenvalue weighted by Crippen LogP contribution is 2.22. The van der Waals surface area contributed by atoms with Gasteiger partial charge in [0, 0.05) is 14.3 Å². The number of carbonyl (C=O) groups is 1. The van der Waals surface area contributed by atoms with Gasteiger partial charge in [-0.15, -0.1) is 0 Å². The first-order valence-electron chi connectivity index (χ1n) is 4.92. The van der Waals surface area contributed by atoms with Gasteiger partial charge in [-0.3, -0.25) is 0 Å². The van der Waals surface area contributed by atoms with Crippen LogP contribution in [0.3, 0.4) is 0 Å². The molecule has 16 heavy (non-hydrogen) atoms. The average Bonchev–Trinajstić information content (AvgIpc) is 2.22. The molecule has 0 saturated carbocycles. The number of esters is 1. The van der Waals surface area contributed by atoms with Crippen molar-refractivity contribution in [2.45, 2.75) is 19.9 Å². The van der Waals surface area contributed by atoms with Crippen LogP contribution in [0.1, 0.15) is 13.8 Å². The molecule has 0 aromatic heterocycles. The highest BCUT2D eigenvalue weighted by atomic mass is 127. The first-order valence-corrected chi connectivity index (χ1v) is 6.38. The number of hydrogen-bond donors (Lipinski definition) is 1. The van der Waals surface area contributed by atoms with Crippen LogP contribution in [0.25, 0.3) is 0 Å². The van der Waals surface area contributed by atoms with E-state index in [1.165, 1.54) is 0 Å². The molecule has 1 aromatic carbocycles. The van der Waals surface area contributed by atoms with Crippen LogP contribution in [-0.2, 0) is 9.53 Å². The number of halogens is 2. The van der Waals surface area contributed by atoms with Crippen molar-refractivity contribution < 1.29 is 9.53 Å². The van der Waals surface area contributed by atoms with Crippen LogP contribution < -0.4 is 5.32 Å². The second-order valence-corrected chi connectivity index (χ2v) is 4.84. The van der Waals surface area contributed by atoms with Gasteiger partial charge >= 0.3 is 5.97 Å². The minimum Gasteiger partial charge on any atom is -0.464 e. The molecule has 0 radical (unpaired) electrons. The van der Waals surface area contributed by atoms with E-state index in [0.29, 0.717) is 11.6 Å². The Morgan fingerprint density at radius 3 is 2.88 bits per heavy atom. The molecule has 0 bridgehead atoms. The smallest absolute Gasteiger partial charge is 0.328 e. The summed E-state index contributed by atoms with van der Waals surface area (Å²) in [6, 6.07) is 5.10. The molecule has 0 heterocycles. The van der Waals surface area contributed by atoms with E-state index in [-0.39, 0.29) is 12.0 Å².